The Morgan fingerprint density at radius 2 is 1.50 bits per heavy atom. The van der Waals surface area contributed by atoms with Crippen LogP contribution < -0.4 is 10.1 Å². The van der Waals surface area contributed by atoms with Gasteiger partial charge < -0.3 is 14.8 Å². The fourth-order valence-electron chi connectivity index (χ4n) is 2.40. The standard InChI is InChI=1S/C21H15F2NO4/c1-27-21(26)16-11-19(18(23)12-17(16)22)24-20(25)13-7-9-15(10-8-13)28-14-5-3-2-4-6-14/h2-12H,1H3,(H,24,25). The lowest BCUT2D eigenvalue weighted by Crippen LogP contribution is -2.14. The summed E-state index contributed by atoms with van der Waals surface area (Å²) in [5.74, 6) is -2.54. The van der Waals surface area contributed by atoms with Crippen LogP contribution in [-0.4, -0.2) is 19.0 Å². The van der Waals surface area contributed by atoms with Crippen LogP contribution in [0.2, 0.25) is 0 Å². The Labute approximate surface area is 159 Å². The molecule has 3 rings (SSSR count). The number of halogens is 2. The lowest BCUT2D eigenvalue weighted by Gasteiger charge is -2.10. The van der Waals surface area contributed by atoms with E-state index in [1.807, 2.05) is 18.2 Å². The van der Waals surface area contributed by atoms with Gasteiger partial charge in [0.1, 0.15) is 23.1 Å². The van der Waals surface area contributed by atoms with Crippen LogP contribution in [0.1, 0.15) is 20.7 Å². The van der Waals surface area contributed by atoms with Crippen molar-refractivity contribution < 1.29 is 27.8 Å². The smallest absolute Gasteiger partial charge is 0.340 e. The second-order valence-corrected chi connectivity index (χ2v) is 5.70. The minimum absolute atomic E-state index is 0.226. The number of nitrogens with one attached hydrogen (secondary N) is 1. The molecular weight excluding hydrogens is 368 g/mol. The molecule has 3 aromatic rings. The molecule has 1 N–H and O–H groups in total. The van der Waals surface area contributed by atoms with Crippen molar-refractivity contribution in [2.75, 3.05) is 12.4 Å². The molecule has 0 aromatic heterocycles. The maximum Gasteiger partial charge on any atom is 0.340 e. The van der Waals surface area contributed by atoms with Crippen LogP contribution in [0.5, 0.6) is 11.5 Å². The molecule has 3 aromatic carbocycles. The number of benzene rings is 3. The van der Waals surface area contributed by atoms with Gasteiger partial charge in [-0.3, -0.25) is 4.79 Å². The number of hydrogen-bond donors (Lipinski definition) is 1. The number of ether oxygens (including phenoxy) is 2. The van der Waals surface area contributed by atoms with E-state index in [1.165, 1.54) is 12.1 Å². The Balaban J connectivity index is 1.75. The van der Waals surface area contributed by atoms with Gasteiger partial charge in [-0.15, -0.1) is 0 Å². The van der Waals surface area contributed by atoms with Crippen molar-refractivity contribution in [1.82, 2.24) is 0 Å². The summed E-state index contributed by atoms with van der Waals surface area (Å²) >= 11 is 0. The molecule has 0 aliphatic heterocycles. The van der Waals surface area contributed by atoms with Crippen molar-refractivity contribution in [3.8, 4) is 11.5 Å². The summed E-state index contributed by atoms with van der Waals surface area (Å²) in [5.41, 5.74) is -0.592. The highest BCUT2D eigenvalue weighted by atomic mass is 19.1. The van der Waals surface area contributed by atoms with E-state index in [-0.39, 0.29) is 11.3 Å². The first-order valence-corrected chi connectivity index (χ1v) is 8.19. The first-order chi connectivity index (χ1) is 13.5. The van der Waals surface area contributed by atoms with Gasteiger partial charge >= 0.3 is 5.97 Å². The van der Waals surface area contributed by atoms with Gasteiger partial charge in [0, 0.05) is 11.6 Å². The fraction of sp³-hybridized carbons (Fsp3) is 0.0476. The Hall–Kier alpha value is -3.74. The number of para-hydroxylation sites is 1. The first kappa shape index (κ1) is 19.0. The molecule has 1 amide bonds. The second-order valence-electron chi connectivity index (χ2n) is 5.70. The number of anilines is 1. The monoisotopic (exact) mass is 383 g/mol. The molecule has 0 saturated carbocycles. The Kier molecular flexibility index (Phi) is 5.64. The molecule has 142 valence electrons. The van der Waals surface area contributed by atoms with Crippen LogP contribution in [-0.2, 0) is 4.74 Å². The van der Waals surface area contributed by atoms with Gasteiger partial charge in [-0.2, -0.15) is 0 Å². The highest BCUT2D eigenvalue weighted by molar-refractivity contribution is 6.05. The van der Waals surface area contributed by atoms with Crippen molar-refractivity contribution in [3.63, 3.8) is 0 Å². The van der Waals surface area contributed by atoms with E-state index in [0.29, 0.717) is 17.6 Å². The van der Waals surface area contributed by atoms with Crippen molar-refractivity contribution in [1.29, 1.82) is 0 Å². The van der Waals surface area contributed by atoms with Gasteiger partial charge in [-0.05, 0) is 42.5 Å². The topological polar surface area (TPSA) is 64.6 Å². The molecule has 0 bridgehead atoms. The average Bonchev–Trinajstić information content (AvgIpc) is 2.70. The first-order valence-electron chi connectivity index (χ1n) is 8.19. The quantitative estimate of drug-likeness (QED) is 0.643. The van der Waals surface area contributed by atoms with Crippen molar-refractivity contribution in [3.05, 3.63) is 89.5 Å². The lowest BCUT2D eigenvalue weighted by molar-refractivity contribution is 0.0595. The van der Waals surface area contributed by atoms with Gasteiger partial charge in [-0.25, -0.2) is 13.6 Å². The van der Waals surface area contributed by atoms with E-state index >= 15 is 0 Å². The van der Waals surface area contributed by atoms with Crippen molar-refractivity contribution in [2.24, 2.45) is 0 Å². The number of carbonyl (C=O) groups is 2. The Morgan fingerprint density at radius 3 is 2.14 bits per heavy atom. The van der Waals surface area contributed by atoms with Crippen LogP contribution in [0.25, 0.3) is 0 Å². The number of amides is 1. The molecule has 0 aliphatic carbocycles. The zero-order valence-corrected chi connectivity index (χ0v) is 14.7. The number of hydrogen-bond acceptors (Lipinski definition) is 4. The fourth-order valence-corrected chi connectivity index (χ4v) is 2.40. The van der Waals surface area contributed by atoms with Crippen LogP contribution in [0.15, 0.2) is 66.7 Å². The number of methoxy groups -OCH3 is 1. The van der Waals surface area contributed by atoms with E-state index in [2.05, 4.69) is 10.1 Å². The SMILES string of the molecule is COC(=O)c1cc(NC(=O)c2ccc(Oc3ccccc3)cc2)c(F)cc1F. The molecule has 0 atom stereocenters. The summed E-state index contributed by atoms with van der Waals surface area (Å²) in [7, 11) is 1.07. The molecule has 0 aliphatic rings. The van der Waals surface area contributed by atoms with E-state index in [9.17, 15) is 18.4 Å². The van der Waals surface area contributed by atoms with Crippen LogP contribution >= 0.6 is 0 Å². The van der Waals surface area contributed by atoms with Crippen LogP contribution in [0, 0.1) is 11.6 Å². The minimum Gasteiger partial charge on any atom is -0.465 e. The zero-order chi connectivity index (χ0) is 20.1. The zero-order valence-electron chi connectivity index (χ0n) is 14.7. The normalized spacial score (nSPS) is 10.2. The molecular formula is C21H15F2NO4. The maximum atomic E-state index is 14.0. The van der Waals surface area contributed by atoms with Gasteiger partial charge in [0.05, 0.1) is 18.4 Å². The van der Waals surface area contributed by atoms with Gasteiger partial charge in [0.15, 0.2) is 0 Å². The highest BCUT2D eigenvalue weighted by Gasteiger charge is 2.18. The molecule has 7 heteroatoms. The van der Waals surface area contributed by atoms with Crippen molar-refractivity contribution >= 4 is 17.6 Å². The maximum absolute atomic E-state index is 14.0. The Bertz CT molecular complexity index is 1000. The highest BCUT2D eigenvalue weighted by Crippen LogP contribution is 2.23. The third-order valence-electron chi connectivity index (χ3n) is 3.81. The van der Waals surface area contributed by atoms with E-state index in [4.69, 9.17) is 4.74 Å². The van der Waals surface area contributed by atoms with Crippen LogP contribution in [0.3, 0.4) is 0 Å². The third kappa shape index (κ3) is 4.32. The summed E-state index contributed by atoms with van der Waals surface area (Å²) in [5, 5.41) is 2.31. The third-order valence-corrected chi connectivity index (χ3v) is 3.81. The number of rotatable bonds is 5. The minimum atomic E-state index is -1.08. The Morgan fingerprint density at radius 1 is 0.857 bits per heavy atom. The molecule has 0 radical (unpaired) electrons. The molecule has 0 unspecified atom stereocenters. The van der Waals surface area contributed by atoms with E-state index in [1.54, 1.807) is 24.3 Å². The van der Waals surface area contributed by atoms with Crippen LogP contribution in [0.4, 0.5) is 14.5 Å². The summed E-state index contributed by atoms with van der Waals surface area (Å²) in [6.45, 7) is 0. The van der Waals surface area contributed by atoms with Gasteiger partial charge in [-0.1, -0.05) is 18.2 Å². The van der Waals surface area contributed by atoms with Crippen molar-refractivity contribution in [2.45, 2.75) is 0 Å². The summed E-state index contributed by atoms with van der Waals surface area (Å²) in [6, 6.07) is 16.7. The molecule has 0 fully saturated rings. The molecule has 5 nitrogen and oxygen atoms in total. The molecule has 0 heterocycles. The average molecular weight is 383 g/mol. The lowest BCUT2D eigenvalue weighted by atomic mass is 10.1. The molecule has 28 heavy (non-hydrogen) atoms. The largest absolute Gasteiger partial charge is 0.465 e. The molecule has 0 spiro atoms. The summed E-state index contributed by atoms with van der Waals surface area (Å²) < 4.78 is 37.7. The van der Waals surface area contributed by atoms with E-state index in [0.717, 1.165) is 13.2 Å². The molecule has 0 saturated heterocycles. The summed E-state index contributed by atoms with van der Waals surface area (Å²) in [4.78, 5) is 23.9. The summed E-state index contributed by atoms with van der Waals surface area (Å²) in [6.07, 6.45) is 0. The second kappa shape index (κ2) is 8.30. The number of carbonyl (C=O) groups excluding carboxylic acids is 2. The van der Waals surface area contributed by atoms with Gasteiger partial charge in [0.25, 0.3) is 5.91 Å². The predicted octanol–water partition coefficient (Wildman–Crippen LogP) is 4.80. The predicted molar refractivity (Wildman–Crippen MR) is 98.6 cm³/mol. The number of esters is 1. The van der Waals surface area contributed by atoms with E-state index < -0.39 is 29.1 Å². The van der Waals surface area contributed by atoms with Gasteiger partial charge in [0.2, 0.25) is 0 Å².